The van der Waals surface area contributed by atoms with E-state index < -0.39 is 0 Å². The molecule has 0 aliphatic carbocycles. The van der Waals surface area contributed by atoms with Crippen LogP contribution < -0.4 is 15.4 Å². The molecule has 3 rings (SSSR count). The van der Waals surface area contributed by atoms with Crippen LogP contribution in [0.15, 0.2) is 53.1 Å². The summed E-state index contributed by atoms with van der Waals surface area (Å²) in [6, 6.07) is 12.6. The molecule has 1 heterocycles. The Morgan fingerprint density at radius 2 is 1.97 bits per heavy atom. The van der Waals surface area contributed by atoms with Crippen LogP contribution in [0.2, 0.25) is 5.02 Å². The molecule has 0 aromatic heterocycles. The summed E-state index contributed by atoms with van der Waals surface area (Å²) in [5, 5.41) is 5.85. The van der Waals surface area contributed by atoms with Gasteiger partial charge in [-0.1, -0.05) is 41.9 Å². The lowest BCUT2D eigenvalue weighted by atomic mass is 10.1. The molecular weight excluding hydrogens is 412 g/mol. The van der Waals surface area contributed by atoms with Crippen LogP contribution in [0.4, 0.5) is 5.69 Å². The summed E-state index contributed by atoms with van der Waals surface area (Å²) in [7, 11) is 1.46. The molecule has 0 atom stereocenters. The summed E-state index contributed by atoms with van der Waals surface area (Å²) in [5.41, 5.74) is 1.63. The van der Waals surface area contributed by atoms with Crippen molar-refractivity contribution >= 4 is 40.9 Å². The Bertz CT molecular complexity index is 947. The second kappa shape index (κ2) is 9.71. The minimum absolute atomic E-state index is 0.240. The van der Waals surface area contributed by atoms with Crippen LogP contribution >= 0.6 is 23.4 Å². The number of carbonyl (C=O) groups is 2. The van der Waals surface area contributed by atoms with Crippen LogP contribution in [0.5, 0.6) is 5.75 Å². The Labute approximate surface area is 178 Å². The smallest absolute Gasteiger partial charge is 0.265 e. The van der Waals surface area contributed by atoms with Crippen LogP contribution in [0.1, 0.15) is 22.8 Å². The number of ether oxygens (including phenoxy) is 2. The van der Waals surface area contributed by atoms with Gasteiger partial charge < -0.3 is 20.1 Å². The third-order valence-corrected chi connectivity index (χ3v) is 5.70. The van der Waals surface area contributed by atoms with Crippen LogP contribution in [0.3, 0.4) is 0 Å². The van der Waals surface area contributed by atoms with Gasteiger partial charge in [-0.2, -0.15) is 0 Å². The van der Waals surface area contributed by atoms with Gasteiger partial charge in [0, 0.05) is 18.4 Å². The first-order valence-corrected chi connectivity index (χ1v) is 10.3. The lowest BCUT2D eigenvalue weighted by Gasteiger charge is -2.18. The van der Waals surface area contributed by atoms with Gasteiger partial charge in [-0.05, 0) is 18.6 Å². The predicted octanol–water partition coefficient (Wildman–Crippen LogP) is 4.21. The predicted molar refractivity (Wildman–Crippen MR) is 115 cm³/mol. The number of nitrogens with one attached hydrogen (secondary N) is 2. The third kappa shape index (κ3) is 5.25. The second-order valence-electron chi connectivity index (χ2n) is 6.24. The summed E-state index contributed by atoms with van der Waals surface area (Å²) in [5.74, 6) is 0.975. The molecule has 0 radical (unpaired) electrons. The van der Waals surface area contributed by atoms with Crippen molar-refractivity contribution < 1.29 is 19.1 Å². The molecule has 0 saturated carbocycles. The molecule has 8 heteroatoms. The van der Waals surface area contributed by atoms with E-state index in [1.807, 2.05) is 30.3 Å². The van der Waals surface area contributed by atoms with Crippen molar-refractivity contribution in [3.05, 3.63) is 69.3 Å². The maximum atomic E-state index is 12.6. The largest absolute Gasteiger partial charge is 0.496 e. The van der Waals surface area contributed by atoms with Gasteiger partial charge >= 0.3 is 0 Å². The van der Waals surface area contributed by atoms with Gasteiger partial charge in [0.05, 0.1) is 30.0 Å². The van der Waals surface area contributed by atoms with Crippen molar-refractivity contribution in [2.45, 2.75) is 13.5 Å². The monoisotopic (exact) mass is 432 g/mol. The standard InChI is InChI=1S/C21H21ClN2O4S/c1-13-19(29-9-8-28-13)21(26)24-17-11-18(27-2)15(10-16(17)22)20(25)23-12-14-6-4-3-5-7-14/h3-7,10-11H,8-9,12H2,1-2H3,(H,23,25)(H,24,26). The van der Waals surface area contributed by atoms with Crippen molar-refractivity contribution in [1.82, 2.24) is 5.32 Å². The number of halogens is 1. The SMILES string of the molecule is COc1cc(NC(=O)C2=C(C)OCCS2)c(Cl)cc1C(=O)NCc1ccccc1. The van der Waals surface area contributed by atoms with Crippen LogP contribution in [-0.2, 0) is 16.1 Å². The zero-order valence-electron chi connectivity index (χ0n) is 16.1. The summed E-state index contributed by atoms with van der Waals surface area (Å²) in [6.07, 6.45) is 0. The third-order valence-electron chi connectivity index (χ3n) is 4.25. The van der Waals surface area contributed by atoms with Gasteiger partial charge in [0.25, 0.3) is 11.8 Å². The molecule has 0 unspecified atom stereocenters. The molecule has 2 amide bonds. The Hall–Kier alpha value is -2.64. The minimum atomic E-state index is -0.319. The van der Waals surface area contributed by atoms with E-state index in [9.17, 15) is 9.59 Å². The van der Waals surface area contributed by atoms with E-state index in [0.717, 1.165) is 5.56 Å². The maximum Gasteiger partial charge on any atom is 0.265 e. The molecule has 1 aliphatic rings. The molecule has 0 spiro atoms. The van der Waals surface area contributed by atoms with Crippen LogP contribution in [-0.4, -0.2) is 31.3 Å². The average molecular weight is 433 g/mol. The zero-order valence-corrected chi connectivity index (χ0v) is 17.7. The number of allylic oxidation sites excluding steroid dienone is 1. The van der Waals surface area contributed by atoms with Crippen molar-refractivity contribution in [2.24, 2.45) is 0 Å². The van der Waals surface area contributed by atoms with E-state index in [0.29, 0.717) is 41.0 Å². The Morgan fingerprint density at radius 1 is 1.21 bits per heavy atom. The fraction of sp³-hybridized carbons (Fsp3) is 0.238. The number of benzene rings is 2. The van der Waals surface area contributed by atoms with Crippen molar-refractivity contribution in [3.63, 3.8) is 0 Å². The highest BCUT2D eigenvalue weighted by molar-refractivity contribution is 8.04. The maximum absolute atomic E-state index is 12.6. The van der Waals surface area contributed by atoms with E-state index in [1.165, 1.54) is 24.9 Å². The molecule has 0 fully saturated rings. The van der Waals surface area contributed by atoms with Gasteiger partial charge in [0.2, 0.25) is 0 Å². The fourth-order valence-electron chi connectivity index (χ4n) is 2.78. The number of rotatable bonds is 6. The molecule has 2 aromatic rings. The zero-order chi connectivity index (χ0) is 20.8. The van der Waals surface area contributed by atoms with Crippen molar-refractivity contribution in [1.29, 1.82) is 0 Å². The molecule has 2 N–H and O–H groups in total. The van der Waals surface area contributed by atoms with Gasteiger partial charge in [-0.25, -0.2) is 0 Å². The molecule has 152 valence electrons. The number of hydrogen-bond acceptors (Lipinski definition) is 5. The number of amides is 2. The minimum Gasteiger partial charge on any atom is -0.496 e. The van der Waals surface area contributed by atoms with Gasteiger partial charge in [-0.15, -0.1) is 11.8 Å². The average Bonchev–Trinajstić information content (AvgIpc) is 2.74. The summed E-state index contributed by atoms with van der Waals surface area (Å²) < 4.78 is 10.8. The number of carbonyl (C=O) groups excluding carboxylic acids is 2. The number of thioether (sulfide) groups is 1. The first-order chi connectivity index (χ1) is 14.0. The fourth-order valence-corrected chi connectivity index (χ4v) is 3.81. The Kier molecular flexibility index (Phi) is 7.06. The number of methoxy groups -OCH3 is 1. The molecule has 1 aliphatic heterocycles. The van der Waals surface area contributed by atoms with E-state index in [2.05, 4.69) is 10.6 Å². The first kappa shape index (κ1) is 21.1. The molecule has 0 saturated heterocycles. The normalized spacial score (nSPS) is 13.5. The van der Waals surface area contributed by atoms with E-state index in [4.69, 9.17) is 21.1 Å². The van der Waals surface area contributed by atoms with Crippen molar-refractivity contribution in [3.8, 4) is 5.75 Å². The van der Waals surface area contributed by atoms with E-state index in [1.54, 1.807) is 13.0 Å². The summed E-state index contributed by atoms with van der Waals surface area (Å²) >= 11 is 7.77. The quantitative estimate of drug-likeness (QED) is 0.715. The lowest BCUT2D eigenvalue weighted by molar-refractivity contribution is -0.112. The molecular formula is C21H21ClN2O4S. The Morgan fingerprint density at radius 3 is 2.66 bits per heavy atom. The summed E-state index contributed by atoms with van der Waals surface area (Å²) in [4.78, 5) is 25.7. The van der Waals surface area contributed by atoms with Crippen LogP contribution in [0.25, 0.3) is 0 Å². The number of hydrogen-bond donors (Lipinski definition) is 2. The highest BCUT2D eigenvalue weighted by Crippen LogP contribution is 2.33. The van der Waals surface area contributed by atoms with Crippen LogP contribution in [0, 0.1) is 0 Å². The second-order valence-corrected chi connectivity index (χ2v) is 7.75. The van der Waals surface area contributed by atoms with Gasteiger partial charge in [0.1, 0.15) is 16.4 Å². The molecule has 29 heavy (non-hydrogen) atoms. The highest BCUT2D eigenvalue weighted by Gasteiger charge is 2.21. The number of anilines is 1. The van der Waals surface area contributed by atoms with E-state index >= 15 is 0 Å². The van der Waals surface area contributed by atoms with Gasteiger partial charge in [0.15, 0.2) is 0 Å². The van der Waals surface area contributed by atoms with E-state index in [-0.39, 0.29) is 22.4 Å². The summed E-state index contributed by atoms with van der Waals surface area (Å²) in [6.45, 7) is 2.71. The molecule has 6 nitrogen and oxygen atoms in total. The topological polar surface area (TPSA) is 76.7 Å². The highest BCUT2D eigenvalue weighted by atomic mass is 35.5. The Balaban J connectivity index is 1.76. The van der Waals surface area contributed by atoms with Gasteiger partial charge in [-0.3, -0.25) is 9.59 Å². The first-order valence-electron chi connectivity index (χ1n) is 8.97. The lowest BCUT2D eigenvalue weighted by Crippen LogP contribution is -2.23. The molecule has 2 aromatic carbocycles. The molecule has 0 bridgehead atoms. The van der Waals surface area contributed by atoms with Crippen molar-refractivity contribution in [2.75, 3.05) is 24.8 Å².